The summed E-state index contributed by atoms with van der Waals surface area (Å²) in [5, 5.41) is 31.7. The molecule has 0 aliphatic carbocycles. The topological polar surface area (TPSA) is 174 Å². The number of aromatic nitrogens is 4. The van der Waals surface area contributed by atoms with E-state index in [1.807, 2.05) is 0 Å². The summed E-state index contributed by atoms with van der Waals surface area (Å²) >= 11 is 0. The second-order valence-corrected chi connectivity index (χ2v) is 5.05. The number of rotatable bonds is 9. The molecule has 26 heavy (non-hydrogen) atoms. The second-order valence-electron chi connectivity index (χ2n) is 5.05. The number of nitrogens with one attached hydrogen (secondary N) is 2. The number of carbonyl (C=O) groups excluding carboxylic acids is 2. The Kier molecular flexibility index (Phi) is 5.97. The Labute approximate surface area is 145 Å². The highest BCUT2D eigenvalue weighted by atomic mass is 16.6. The Hall–Kier alpha value is -3.77. The zero-order valence-corrected chi connectivity index (χ0v) is 13.4. The van der Waals surface area contributed by atoms with E-state index < -0.39 is 22.7 Å². The van der Waals surface area contributed by atoms with Crippen LogP contribution < -0.4 is 10.6 Å². The van der Waals surface area contributed by atoms with Crippen LogP contribution in [0.1, 0.15) is 10.5 Å². The van der Waals surface area contributed by atoms with Gasteiger partial charge in [-0.2, -0.15) is 10.2 Å². The predicted octanol–water partition coefficient (Wildman–Crippen LogP) is -1.38. The minimum atomic E-state index is -1.08. The normalized spacial score (nSPS) is 10.3. The summed E-state index contributed by atoms with van der Waals surface area (Å²) in [6.45, 7) is -0.296. The number of carbonyl (C=O) groups is 3. The molecule has 0 spiro atoms. The molecule has 13 heteroatoms. The van der Waals surface area contributed by atoms with Crippen molar-refractivity contribution in [2.45, 2.75) is 13.1 Å². The molecule has 2 aromatic rings. The maximum Gasteiger partial charge on any atom is 0.325 e. The fourth-order valence-corrected chi connectivity index (χ4v) is 1.91. The largest absolute Gasteiger partial charge is 0.480 e. The van der Waals surface area contributed by atoms with Gasteiger partial charge in [-0.1, -0.05) is 0 Å². The Morgan fingerprint density at radius 2 is 1.92 bits per heavy atom. The molecule has 2 amide bonds. The number of amides is 2. The number of aliphatic carboxylic acids is 1. The fraction of sp³-hybridized carbons (Fsp3) is 0.308. The minimum absolute atomic E-state index is 0.0569. The van der Waals surface area contributed by atoms with E-state index in [1.54, 1.807) is 0 Å². The summed E-state index contributed by atoms with van der Waals surface area (Å²) < 4.78 is 2.24. The first-order valence-corrected chi connectivity index (χ1v) is 7.32. The number of nitro groups is 1. The van der Waals surface area contributed by atoms with Gasteiger partial charge in [0, 0.05) is 19.3 Å². The van der Waals surface area contributed by atoms with Crippen LogP contribution >= 0.6 is 0 Å². The van der Waals surface area contributed by atoms with Crippen LogP contribution in [0.4, 0.5) is 5.69 Å². The number of carboxylic acid groups (broad SMARTS) is 1. The van der Waals surface area contributed by atoms with E-state index in [0.717, 1.165) is 21.8 Å². The third-order valence-corrected chi connectivity index (χ3v) is 3.04. The Bertz CT molecular complexity index is 827. The summed E-state index contributed by atoms with van der Waals surface area (Å²) in [6, 6.07) is 1.38. The van der Waals surface area contributed by atoms with E-state index in [4.69, 9.17) is 5.11 Å². The van der Waals surface area contributed by atoms with E-state index in [1.165, 1.54) is 12.3 Å². The monoisotopic (exact) mass is 365 g/mol. The van der Waals surface area contributed by atoms with Gasteiger partial charge in [0.25, 0.3) is 5.91 Å². The highest BCUT2D eigenvalue weighted by Gasteiger charge is 2.12. The lowest BCUT2D eigenvalue weighted by Gasteiger charge is -2.06. The average molecular weight is 365 g/mol. The molecule has 0 saturated carbocycles. The molecule has 2 heterocycles. The highest BCUT2D eigenvalue weighted by molar-refractivity contribution is 5.92. The lowest BCUT2D eigenvalue weighted by molar-refractivity contribution is -0.385. The van der Waals surface area contributed by atoms with Crippen molar-refractivity contribution < 1.29 is 24.4 Å². The average Bonchev–Trinajstić information content (AvgIpc) is 3.20. The molecule has 138 valence electrons. The first-order valence-electron chi connectivity index (χ1n) is 7.32. The molecular weight excluding hydrogens is 350 g/mol. The van der Waals surface area contributed by atoms with Crippen molar-refractivity contribution in [1.82, 2.24) is 30.2 Å². The molecule has 0 radical (unpaired) electrons. The van der Waals surface area contributed by atoms with Crippen molar-refractivity contribution in [3.05, 3.63) is 40.5 Å². The lowest BCUT2D eigenvalue weighted by atomic mass is 10.4. The molecule has 2 rings (SSSR count). The Morgan fingerprint density at radius 3 is 2.58 bits per heavy atom. The zero-order chi connectivity index (χ0) is 19.1. The van der Waals surface area contributed by atoms with Gasteiger partial charge in [0.15, 0.2) is 0 Å². The predicted molar refractivity (Wildman–Crippen MR) is 84.1 cm³/mol. The summed E-state index contributed by atoms with van der Waals surface area (Å²) in [5.41, 5.74) is -0.158. The second kappa shape index (κ2) is 8.36. The summed E-state index contributed by atoms with van der Waals surface area (Å²) in [7, 11) is 0. The molecule has 0 unspecified atom stereocenters. The quantitative estimate of drug-likeness (QED) is 0.277. The van der Waals surface area contributed by atoms with Crippen molar-refractivity contribution in [2.24, 2.45) is 0 Å². The van der Waals surface area contributed by atoms with Gasteiger partial charge in [0.1, 0.15) is 31.2 Å². The van der Waals surface area contributed by atoms with Crippen molar-refractivity contribution >= 4 is 23.5 Å². The van der Waals surface area contributed by atoms with E-state index in [-0.39, 0.29) is 37.6 Å². The van der Waals surface area contributed by atoms with E-state index in [2.05, 4.69) is 20.8 Å². The molecule has 2 aromatic heterocycles. The van der Waals surface area contributed by atoms with Gasteiger partial charge in [-0.05, 0) is 6.07 Å². The van der Waals surface area contributed by atoms with E-state index in [9.17, 15) is 24.5 Å². The highest BCUT2D eigenvalue weighted by Crippen LogP contribution is 2.07. The molecule has 0 atom stereocenters. The van der Waals surface area contributed by atoms with Crippen LogP contribution in [0, 0.1) is 10.1 Å². The zero-order valence-electron chi connectivity index (χ0n) is 13.4. The SMILES string of the molecule is O=C(O)Cn1ccc(C(=O)NCCNC(=O)Cn2cc([N+](=O)[O-])cn2)n1. The van der Waals surface area contributed by atoms with Crippen molar-refractivity contribution in [3.8, 4) is 0 Å². The van der Waals surface area contributed by atoms with Gasteiger partial charge >= 0.3 is 11.7 Å². The molecule has 0 bridgehead atoms. The van der Waals surface area contributed by atoms with Gasteiger partial charge in [0.05, 0.1) is 4.92 Å². The molecule has 0 fully saturated rings. The number of carboxylic acids is 1. The van der Waals surface area contributed by atoms with Gasteiger partial charge in [-0.3, -0.25) is 33.9 Å². The van der Waals surface area contributed by atoms with Crippen LogP contribution in [0.2, 0.25) is 0 Å². The number of nitrogens with zero attached hydrogens (tertiary/aromatic N) is 5. The first kappa shape index (κ1) is 18.6. The molecule has 13 nitrogen and oxygen atoms in total. The smallest absolute Gasteiger partial charge is 0.325 e. The van der Waals surface area contributed by atoms with Crippen LogP contribution in [0.15, 0.2) is 24.7 Å². The fourth-order valence-electron chi connectivity index (χ4n) is 1.91. The van der Waals surface area contributed by atoms with Gasteiger partial charge in [0.2, 0.25) is 5.91 Å². The van der Waals surface area contributed by atoms with Crippen LogP contribution in [-0.4, -0.2) is 60.5 Å². The van der Waals surface area contributed by atoms with Gasteiger partial charge < -0.3 is 15.7 Å². The van der Waals surface area contributed by atoms with Crippen molar-refractivity contribution in [1.29, 1.82) is 0 Å². The Morgan fingerprint density at radius 1 is 1.19 bits per heavy atom. The van der Waals surface area contributed by atoms with Gasteiger partial charge in [-0.15, -0.1) is 0 Å². The molecule has 3 N–H and O–H groups in total. The number of hydrogen-bond donors (Lipinski definition) is 3. The lowest BCUT2D eigenvalue weighted by Crippen LogP contribution is -2.36. The molecule has 0 aliphatic rings. The Balaban J connectivity index is 1.69. The molecular formula is C13H15N7O6. The van der Waals surface area contributed by atoms with E-state index in [0.29, 0.717) is 0 Å². The van der Waals surface area contributed by atoms with Crippen LogP contribution in [0.25, 0.3) is 0 Å². The minimum Gasteiger partial charge on any atom is -0.480 e. The van der Waals surface area contributed by atoms with Gasteiger partial charge in [-0.25, -0.2) is 0 Å². The van der Waals surface area contributed by atoms with Crippen LogP contribution in [0.3, 0.4) is 0 Å². The van der Waals surface area contributed by atoms with Crippen molar-refractivity contribution in [3.63, 3.8) is 0 Å². The third kappa shape index (κ3) is 5.40. The first-order chi connectivity index (χ1) is 12.3. The standard InChI is InChI=1S/C13H15N7O6/c21-11(7-19-6-9(5-16-19)20(25)26)14-2-3-15-13(24)10-1-4-18(17-10)8-12(22)23/h1,4-6H,2-3,7-8H2,(H,14,21)(H,15,24)(H,22,23). The van der Waals surface area contributed by atoms with Crippen LogP contribution in [0.5, 0.6) is 0 Å². The summed E-state index contributed by atoms with van der Waals surface area (Å²) in [4.78, 5) is 44.0. The molecule has 0 aromatic carbocycles. The molecule has 0 saturated heterocycles. The third-order valence-electron chi connectivity index (χ3n) is 3.04. The summed E-state index contributed by atoms with van der Waals surface area (Å²) in [5.74, 6) is -2.01. The van der Waals surface area contributed by atoms with E-state index >= 15 is 0 Å². The van der Waals surface area contributed by atoms with Crippen molar-refractivity contribution in [2.75, 3.05) is 13.1 Å². The maximum atomic E-state index is 11.8. The van der Waals surface area contributed by atoms with Crippen LogP contribution in [-0.2, 0) is 22.7 Å². The number of hydrogen-bond acceptors (Lipinski definition) is 7. The molecule has 0 aliphatic heterocycles. The maximum absolute atomic E-state index is 11.8. The summed E-state index contributed by atoms with van der Waals surface area (Å²) in [6.07, 6.45) is 3.54.